The van der Waals surface area contributed by atoms with Gasteiger partial charge in [-0.05, 0) is 27.2 Å². The monoisotopic (exact) mass is 244 g/mol. The van der Waals surface area contributed by atoms with Crippen LogP contribution in [0.2, 0.25) is 0 Å². The van der Waals surface area contributed by atoms with Gasteiger partial charge < -0.3 is 10.0 Å². The number of aliphatic carboxylic acids is 1. The Hall–Kier alpha value is -1.10. The standard InChI is InChI=1S/C12H24N2O3/c1-5-8-10(12(16)17)13-9(4)11(15)14(6-2)7-3/h9-10,13H,5-8H2,1-4H3,(H,16,17). The van der Waals surface area contributed by atoms with Crippen LogP contribution >= 0.6 is 0 Å². The van der Waals surface area contributed by atoms with E-state index in [1.54, 1.807) is 11.8 Å². The van der Waals surface area contributed by atoms with Crippen molar-refractivity contribution in [1.82, 2.24) is 10.2 Å². The Balaban J connectivity index is 4.43. The third kappa shape index (κ3) is 5.17. The molecule has 0 aromatic rings. The highest BCUT2D eigenvalue weighted by molar-refractivity contribution is 5.82. The highest BCUT2D eigenvalue weighted by Crippen LogP contribution is 2.01. The summed E-state index contributed by atoms with van der Waals surface area (Å²) in [7, 11) is 0. The largest absolute Gasteiger partial charge is 0.480 e. The fourth-order valence-electron chi connectivity index (χ4n) is 1.75. The second kappa shape index (κ2) is 8.06. The Bertz CT molecular complexity index is 252. The molecule has 1 amide bonds. The van der Waals surface area contributed by atoms with Crippen molar-refractivity contribution in [3.8, 4) is 0 Å². The van der Waals surface area contributed by atoms with E-state index < -0.39 is 18.1 Å². The first kappa shape index (κ1) is 15.9. The lowest BCUT2D eigenvalue weighted by Gasteiger charge is -2.25. The van der Waals surface area contributed by atoms with Crippen LogP contribution in [0.5, 0.6) is 0 Å². The second-order valence-corrected chi connectivity index (χ2v) is 4.08. The number of hydrogen-bond acceptors (Lipinski definition) is 3. The minimum absolute atomic E-state index is 0.0441. The van der Waals surface area contributed by atoms with Crippen LogP contribution in [-0.4, -0.2) is 47.1 Å². The van der Waals surface area contributed by atoms with E-state index in [1.807, 2.05) is 20.8 Å². The van der Waals surface area contributed by atoms with Gasteiger partial charge >= 0.3 is 5.97 Å². The fourth-order valence-corrected chi connectivity index (χ4v) is 1.75. The lowest BCUT2D eigenvalue weighted by molar-refractivity contribution is -0.140. The Morgan fingerprint density at radius 2 is 1.76 bits per heavy atom. The maximum atomic E-state index is 11.9. The van der Waals surface area contributed by atoms with Gasteiger partial charge in [0.2, 0.25) is 5.91 Å². The molecular formula is C12H24N2O3. The molecule has 0 bridgehead atoms. The van der Waals surface area contributed by atoms with Crippen LogP contribution in [0, 0.1) is 0 Å². The molecule has 0 aliphatic rings. The number of carbonyl (C=O) groups is 2. The summed E-state index contributed by atoms with van der Waals surface area (Å²) >= 11 is 0. The molecule has 0 aromatic heterocycles. The van der Waals surface area contributed by atoms with Gasteiger partial charge in [-0.2, -0.15) is 0 Å². The summed E-state index contributed by atoms with van der Waals surface area (Å²) in [5.41, 5.74) is 0. The lowest BCUT2D eigenvalue weighted by atomic mass is 10.1. The van der Waals surface area contributed by atoms with Gasteiger partial charge in [-0.1, -0.05) is 13.3 Å². The van der Waals surface area contributed by atoms with Crippen molar-refractivity contribution in [2.45, 2.75) is 52.6 Å². The summed E-state index contributed by atoms with van der Waals surface area (Å²) < 4.78 is 0. The molecule has 0 radical (unpaired) electrons. The molecule has 2 unspecified atom stereocenters. The first-order valence-corrected chi connectivity index (χ1v) is 6.25. The lowest BCUT2D eigenvalue weighted by Crippen LogP contribution is -2.50. The predicted octanol–water partition coefficient (Wildman–Crippen LogP) is 1.09. The molecule has 5 nitrogen and oxygen atoms in total. The summed E-state index contributed by atoms with van der Waals surface area (Å²) in [6.45, 7) is 8.75. The van der Waals surface area contributed by atoms with Gasteiger partial charge in [0.1, 0.15) is 6.04 Å². The molecule has 2 atom stereocenters. The van der Waals surface area contributed by atoms with E-state index >= 15 is 0 Å². The van der Waals surface area contributed by atoms with Crippen LogP contribution in [0.4, 0.5) is 0 Å². The topological polar surface area (TPSA) is 69.6 Å². The number of nitrogens with one attached hydrogen (secondary N) is 1. The van der Waals surface area contributed by atoms with Crippen molar-refractivity contribution in [3.63, 3.8) is 0 Å². The molecule has 0 spiro atoms. The van der Waals surface area contributed by atoms with E-state index in [0.29, 0.717) is 19.5 Å². The quantitative estimate of drug-likeness (QED) is 0.670. The maximum Gasteiger partial charge on any atom is 0.320 e. The number of hydrogen-bond donors (Lipinski definition) is 2. The smallest absolute Gasteiger partial charge is 0.320 e. The third-order valence-corrected chi connectivity index (χ3v) is 2.77. The van der Waals surface area contributed by atoms with Crippen LogP contribution in [-0.2, 0) is 9.59 Å². The summed E-state index contributed by atoms with van der Waals surface area (Å²) in [6.07, 6.45) is 1.31. The predicted molar refractivity (Wildman–Crippen MR) is 66.9 cm³/mol. The molecule has 100 valence electrons. The highest BCUT2D eigenvalue weighted by Gasteiger charge is 2.24. The number of amides is 1. The minimum atomic E-state index is -0.897. The summed E-state index contributed by atoms with van der Waals surface area (Å²) in [4.78, 5) is 24.6. The van der Waals surface area contributed by atoms with Crippen LogP contribution < -0.4 is 5.32 Å². The van der Waals surface area contributed by atoms with Crippen molar-refractivity contribution in [2.75, 3.05) is 13.1 Å². The zero-order chi connectivity index (χ0) is 13.4. The van der Waals surface area contributed by atoms with Crippen molar-refractivity contribution in [2.24, 2.45) is 0 Å². The first-order valence-electron chi connectivity index (χ1n) is 6.25. The van der Waals surface area contributed by atoms with Gasteiger partial charge in [-0.15, -0.1) is 0 Å². The number of carbonyl (C=O) groups excluding carboxylic acids is 1. The normalized spacial score (nSPS) is 14.1. The first-order chi connectivity index (χ1) is 7.97. The molecule has 17 heavy (non-hydrogen) atoms. The number of carboxylic acids is 1. The molecule has 0 heterocycles. The van der Waals surface area contributed by atoms with E-state index in [9.17, 15) is 9.59 Å². The van der Waals surface area contributed by atoms with E-state index in [0.717, 1.165) is 6.42 Å². The molecule has 0 aliphatic carbocycles. The Morgan fingerprint density at radius 1 is 1.24 bits per heavy atom. The Morgan fingerprint density at radius 3 is 2.12 bits per heavy atom. The van der Waals surface area contributed by atoms with Crippen LogP contribution in [0.1, 0.15) is 40.5 Å². The van der Waals surface area contributed by atoms with Gasteiger partial charge in [0.15, 0.2) is 0 Å². The van der Waals surface area contributed by atoms with Gasteiger partial charge in [-0.3, -0.25) is 14.9 Å². The van der Waals surface area contributed by atoms with Gasteiger partial charge in [0.05, 0.1) is 6.04 Å². The molecule has 0 aromatic carbocycles. The number of nitrogens with zero attached hydrogens (tertiary/aromatic N) is 1. The Kier molecular flexibility index (Phi) is 7.54. The van der Waals surface area contributed by atoms with Gasteiger partial charge in [-0.25, -0.2) is 0 Å². The van der Waals surface area contributed by atoms with E-state index in [1.165, 1.54) is 0 Å². The molecule has 0 saturated carbocycles. The highest BCUT2D eigenvalue weighted by atomic mass is 16.4. The van der Waals surface area contributed by atoms with E-state index in [2.05, 4.69) is 5.32 Å². The zero-order valence-corrected chi connectivity index (χ0v) is 11.2. The number of likely N-dealkylation sites (N-methyl/N-ethyl adjacent to an activating group) is 1. The summed E-state index contributed by atoms with van der Waals surface area (Å²) in [5, 5.41) is 11.9. The zero-order valence-electron chi connectivity index (χ0n) is 11.2. The average molecular weight is 244 g/mol. The molecule has 0 saturated heterocycles. The molecule has 0 aliphatic heterocycles. The molecule has 2 N–H and O–H groups in total. The SMILES string of the molecule is CCCC(NC(C)C(=O)N(CC)CC)C(=O)O. The minimum Gasteiger partial charge on any atom is -0.480 e. The van der Waals surface area contributed by atoms with Gasteiger partial charge in [0.25, 0.3) is 0 Å². The van der Waals surface area contributed by atoms with E-state index in [4.69, 9.17) is 5.11 Å². The maximum absolute atomic E-state index is 11.9. The van der Waals surface area contributed by atoms with Crippen molar-refractivity contribution < 1.29 is 14.7 Å². The molecule has 0 fully saturated rings. The Labute approximate surface area is 103 Å². The fraction of sp³-hybridized carbons (Fsp3) is 0.833. The van der Waals surface area contributed by atoms with Crippen molar-refractivity contribution >= 4 is 11.9 Å². The van der Waals surface area contributed by atoms with Crippen LogP contribution in [0.25, 0.3) is 0 Å². The second-order valence-electron chi connectivity index (χ2n) is 4.08. The van der Waals surface area contributed by atoms with Crippen molar-refractivity contribution in [3.05, 3.63) is 0 Å². The third-order valence-electron chi connectivity index (χ3n) is 2.77. The molecular weight excluding hydrogens is 220 g/mol. The summed E-state index contributed by atoms with van der Waals surface area (Å²) in [5.74, 6) is -0.941. The van der Waals surface area contributed by atoms with Gasteiger partial charge in [0, 0.05) is 13.1 Å². The van der Waals surface area contributed by atoms with Crippen LogP contribution in [0.3, 0.4) is 0 Å². The molecule has 0 rings (SSSR count). The van der Waals surface area contributed by atoms with E-state index in [-0.39, 0.29) is 5.91 Å². The average Bonchev–Trinajstić information content (AvgIpc) is 2.29. The summed E-state index contributed by atoms with van der Waals surface area (Å²) in [6, 6.07) is -1.10. The number of carboxylic acid groups (broad SMARTS) is 1. The number of rotatable bonds is 8. The van der Waals surface area contributed by atoms with Crippen LogP contribution in [0.15, 0.2) is 0 Å². The molecule has 5 heteroatoms. The van der Waals surface area contributed by atoms with Crippen molar-refractivity contribution in [1.29, 1.82) is 0 Å².